The first kappa shape index (κ1) is 17.1. The quantitative estimate of drug-likeness (QED) is 0.879. The van der Waals surface area contributed by atoms with Gasteiger partial charge in [0, 0.05) is 37.8 Å². The van der Waals surface area contributed by atoms with Gasteiger partial charge in [-0.1, -0.05) is 6.92 Å². The molecule has 0 saturated carbocycles. The van der Waals surface area contributed by atoms with Crippen LogP contribution in [0.4, 0.5) is 4.39 Å². The zero-order valence-corrected chi connectivity index (χ0v) is 14.0. The van der Waals surface area contributed by atoms with Crippen molar-refractivity contribution in [1.82, 2.24) is 14.8 Å². The third-order valence-electron chi connectivity index (χ3n) is 4.65. The molecule has 1 N–H and O–H groups in total. The van der Waals surface area contributed by atoms with Gasteiger partial charge in [0.1, 0.15) is 5.82 Å². The first-order valence-corrected chi connectivity index (χ1v) is 8.47. The fourth-order valence-corrected chi connectivity index (χ4v) is 3.11. The average molecular weight is 333 g/mol. The Morgan fingerprint density at radius 1 is 1.21 bits per heavy atom. The molecule has 1 saturated heterocycles. The normalized spacial score (nSPS) is 18.0. The Bertz CT molecular complexity index is 632. The average Bonchev–Trinajstić information content (AvgIpc) is 3.06. The van der Waals surface area contributed by atoms with E-state index in [1.807, 2.05) is 0 Å². The molecule has 1 unspecified atom stereocenters. The molecule has 1 aliphatic heterocycles. The molecule has 2 heterocycles. The molecule has 0 bridgehead atoms. The number of halogens is 1. The van der Waals surface area contributed by atoms with Crippen LogP contribution in [0.5, 0.6) is 0 Å². The van der Waals surface area contributed by atoms with Gasteiger partial charge in [0.25, 0.3) is 0 Å². The summed E-state index contributed by atoms with van der Waals surface area (Å²) in [6.07, 6.45) is 2.66. The molecule has 1 aromatic heterocycles. The van der Waals surface area contributed by atoms with Crippen molar-refractivity contribution in [2.75, 3.05) is 32.8 Å². The molecule has 0 spiro atoms. The number of hydrogen-bond acceptors (Lipinski definition) is 5. The lowest BCUT2D eigenvalue weighted by atomic mass is 10.1. The SMILES string of the molecule is CCC(CO)N1CCN(Cc2ncc(-c3ccc(F)cc3)o2)CC1. The van der Waals surface area contributed by atoms with Gasteiger partial charge in [0.05, 0.1) is 19.3 Å². The van der Waals surface area contributed by atoms with E-state index in [2.05, 4.69) is 21.7 Å². The molecule has 1 aliphatic rings. The molecule has 0 radical (unpaired) electrons. The Hall–Kier alpha value is -1.76. The third-order valence-corrected chi connectivity index (χ3v) is 4.65. The summed E-state index contributed by atoms with van der Waals surface area (Å²) in [4.78, 5) is 8.99. The van der Waals surface area contributed by atoms with Crippen molar-refractivity contribution >= 4 is 0 Å². The largest absolute Gasteiger partial charge is 0.439 e. The molecule has 0 aliphatic carbocycles. The molecule has 130 valence electrons. The third kappa shape index (κ3) is 4.01. The summed E-state index contributed by atoms with van der Waals surface area (Å²) in [6, 6.07) is 6.49. The standard InChI is InChI=1S/C18H24FN3O2/c1-2-16(13-23)22-9-7-21(8-10-22)12-18-20-11-17(24-18)14-3-5-15(19)6-4-14/h3-6,11,16,23H,2,7-10,12-13H2,1H3. The topological polar surface area (TPSA) is 52.7 Å². The molecular weight excluding hydrogens is 309 g/mol. The Morgan fingerprint density at radius 2 is 1.92 bits per heavy atom. The first-order chi connectivity index (χ1) is 11.7. The van der Waals surface area contributed by atoms with Crippen molar-refractivity contribution in [3.63, 3.8) is 0 Å². The van der Waals surface area contributed by atoms with Crippen molar-refractivity contribution in [3.8, 4) is 11.3 Å². The second-order valence-corrected chi connectivity index (χ2v) is 6.18. The summed E-state index contributed by atoms with van der Waals surface area (Å²) >= 11 is 0. The summed E-state index contributed by atoms with van der Waals surface area (Å²) in [6.45, 7) is 6.77. The van der Waals surface area contributed by atoms with Gasteiger partial charge in [-0.3, -0.25) is 9.80 Å². The zero-order valence-electron chi connectivity index (χ0n) is 14.0. The lowest BCUT2D eigenvalue weighted by Crippen LogP contribution is -2.50. The van der Waals surface area contributed by atoms with Gasteiger partial charge in [-0.05, 0) is 30.7 Å². The highest BCUT2D eigenvalue weighted by Gasteiger charge is 2.23. The Morgan fingerprint density at radius 3 is 2.54 bits per heavy atom. The van der Waals surface area contributed by atoms with Gasteiger partial charge in [-0.15, -0.1) is 0 Å². The minimum absolute atomic E-state index is 0.220. The van der Waals surface area contributed by atoms with Gasteiger partial charge < -0.3 is 9.52 Å². The summed E-state index contributed by atoms with van der Waals surface area (Å²) in [5.74, 6) is 1.08. The number of aromatic nitrogens is 1. The van der Waals surface area contributed by atoms with Gasteiger partial charge in [0.2, 0.25) is 5.89 Å². The molecule has 1 fully saturated rings. The number of benzene rings is 1. The molecule has 6 heteroatoms. The maximum absolute atomic E-state index is 13.0. The van der Waals surface area contributed by atoms with E-state index in [1.54, 1.807) is 18.3 Å². The summed E-state index contributed by atoms with van der Waals surface area (Å²) < 4.78 is 18.8. The first-order valence-electron chi connectivity index (χ1n) is 8.47. The van der Waals surface area contributed by atoms with Crippen LogP contribution in [0.3, 0.4) is 0 Å². The van der Waals surface area contributed by atoms with Crippen LogP contribution in [0, 0.1) is 5.82 Å². The minimum Gasteiger partial charge on any atom is -0.439 e. The molecule has 1 atom stereocenters. The molecule has 5 nitrogen and oxygen atoms in total. The zero-order chi connectivity index (χ0) is 16.9. The van der Waals surface area contributed by atoms with E-state index in [0.717, 1.165) is 38.2 Å². The monoisotopic (exact) mass is 333 g/mol. The van der Waals surface area contributed by atoms with Gasteiger partial charge in [-0.2, -0.15) is 0 Å². The van der Waals surface area contributed by atoms with Crippen LogP contribution in [-0.4, -0.2) is 58.7 Å². The number of aliphatic hydroxyl groups is 1. The number of oxazole rings is 1. The molecule has 3 rings (SSSR count). The van der Waals surface area contributed by atoms with E-state index < -0.39 is 0 Å². The Balaban J connectivity index is 1.55. The predicted molar refractivity (Wildman–Crippen MR) is 89.9 cm³/mol. The highest BCUT2D eigenvalue weighted by Crippen LogP contribution is 2.21. The van der Waals surface area contributed by atoms with E-state index in [9.17, 15) is 9.50 Å². The van der Waals surface area contributed by atoms with E-state index in [1.165, 1.54) is 12.1 Å². The molecule has 0 amide bonds. The number of nitrogens with zero attached hydrogens (tertiary/aromatic N) is 3. The summed E-state index contributed by atoms with van der Waals surface area (Å²) in [5.41, 5.74) is 0.828. The van der Waals surface area contributed by atoms with Gasteiger partial charge in [0.15, 0.2) is 5.76 Å². The summed E-state index contributed by atoms with van der Waals surface area (Å²) in [7, 11) is 0. The van der Waals surface area contributed by atoms with Gasteiger partial charge in [-0.25, -0.2) is 9.37 Å². The Labute approximate surface area is 141 Å². The highest BCUT2D eigenvalue weighted by molar-refractivity contribution is 5.55. The fraction of sp³-hybridized carbons (Fsp3) is 0.500. The number of hydrogen-bond donors (Lipinski definition) is 1. The smallest absolute Gasteiger partial charge is 0.209 e. The minimum atomic E-state index is -0.260. The van der Waals surface area contributed by atoms with E-state index in [0.29, 0.717) is 18.2 Å². The van der Waals surface area contributed by atoms with E-state index >= 15 is 0 Å². The van der Waals surface area contributed by atoms with Crippen molar-refractivity contribution in [2.24, 2.45) is 0 Å². The van der Waals surface area contributed by atoms with Crippen LogP contribution in [0.1, 0.15) is 19.2 Å². The molecule has 1 aromatic carbocycles. The second-order valence-electron chi connectivity index (χ2n) is 6.18. The van der Waals surface area contributed by atoms with Gasteiger partial charge >= 0.3 is 0 Å². The highest BCUT2D eigenvalue weighted by atomic mass is 19.1. The number of aliphatic hydroxyl groups excluding tert-OH is 1. The van der Waals surface area contributed by atoms with Crippen molar-refractivity contribution < 1.29 is 13.9 Å². The maximum atomic E-state index is 13.0. The van der Waals surface area contributed by atoms with Crippen LogP contribution in [-0.2, 0) is 6.54 Å². The summed E-state index contributed by atoms with van der Waals surface area (Å²) in [5, 5.41) is 9.40. The molecular formula is C18H24FN3O2. The van der Waals surface area contributed by atoms with E-state index in [4.69, 9.17) is 4.42 Å². The predicted octanol–water partition coefficient (Wildman–Crippen LogP) is 2.37. The number of rotatable bonds is 6. The van der Waals surface area contributed by atoms with Crippen LogP contribution in [0.15, 0.2) is 34.9 Å². The van der Waals surface area contributed by atoms with Crippen molar-refractivity contribution in [3.05, 3.63) is 42.2 Å². The van der Waals surface area contributed by atoms with Crippen LogP contribution in [0.2, 0.25) is 0 Å². The van der Waals surface area contributed by atoms with Crippen LogP contribution < -0.4 is 0 Å². The fourth-order valence-electron chi connectivity index (χ4n) is 3.11. The van der Waals surface area contributed by atoms with Crippen LogP contribution >= 0.6 is 0 Å². The second kappa shape index (κ2) is 7.88. The Kier molecular flexibility index (Phi) is 5.60. The lowest BCUT2D eigenvalue weighted by molar-refractivity contribution is 0.0577. The lowest BCUT2D eigenvalue weighted by Gasteiger charge is -2.37. The molecule has 2 aromatic rings. The number of piperazine rings is 1. The molecule has 24 heavy (non-hydrogen) atoms. The van der Waals surface area contributed by atoms with Crippen molar-refractivity contribution in [2.45, 2.75) is 25.9 Å². The maximum Gasteiger partial charge on any atom is 0.209 e. The van der Waals surface area contributed by atoms with E-state index in [-0.39, 0.29) is 18.5 Å². The van der Waals surface area contributed by atoms with Crippen molar-refractivity contribution in [1.29, 1.82) is 0 Å². The van der Waals surface area contributed by atoms with Crippen LogP contribution in [0.25, 0.3) is 11.3 Å².